The zero-order valence-electron chi connectivity index (χ0n) is 20.6. The van der Waals surface area contributed by atoms with Crippen molar-refractivity contribution in [2.45, 2.75) is 32.2 Å². The van der Waals surface area contributed by atoms with Crippen molar-refractivity contribution in [1.82, 2.24) is 24.8 Å². The lowest BCUT2D eigenvalue weighted by Crippen LogP contribution is -2.29. The molecule has 0 atom stereocenters. The third kappa shape index (κ3) is 5.08. The monoisotopic (exact) mass is 492 g/mol. The van der Waals surface area contributed by atoms with Gasteiger partial charge in [-0.3, -0.25) is 9.88 Å². The maximum absolute atomic E-state index is 13.8. The van der Waals surface area contributed by atoms with Crippen LogP contribution in [0.1, 0.15) is 36.2 Å². The molecule has 2 aromatic carbocycles. The van der Waals surface area contributed by atoms with Gasteiger partial charge in [-0.1, -0.05) is 24.6 Å². The van der Waals surface area contributed by atoms with E-state index < -0.39 is 0 Å². The van der Waals surface area contributed by atoms with E-state index in [9.17, 15) is 4.39 Å². The summed E-state index contributed by atoms with van der Waals surface area (Å²) < 4.78 is 13.8. The quantitative estimate of drug-likeness (QED) is 0.285. The second kappa shape index (κ2) is 10.1. The Bertz CT molecular complexity index is 1550. The summed E-state index contributed by atoms with van der Waals surface area (Å²) in [6, 6.07) is 16.8. The number of nitrogens with zero attached hydrogens (tertiary/aromatic N) is 4. The zero-order chi connectivity index (χ0) is 25.2. The second-order valence-electron chi connectivity index (χ2n) is 9.76. The van der Waals surface area contributed by atoms with Gasteiger partial charge in [-0.15, -0.1) is 0 Å². The Labute approximate surface area is 215 Å². The number of nitrogen functional groups attached to an aromatic ring is 1. The summed E-state index contributed by atoms with van der Waals surface area (Å²) in [7, 11) is 0. The lowest BCUT2D eigenvalue weighted by molar-refractivity contribution is 0.220. The molecule has 0 unspecified atom stereocenters. The molecule has 7 heteroatoms. The topological polar surface area (TPSA) is 83.7 Å². The van der Waals surface area contributed by atoms with E-state index in [1.165, 1.54) is 37.0 Å². The van der Waals surface area contributed by atoms with Crippen molar-refractivity contribution in [3.8, 4) is 22.3 Å². The first-order valence-electron chi connectivity index (χ1n) is 12.8. The highest BCUT2D eigenvalue weighted by Crippen LogP contribution is 2.29. The first kappa shape index (κ1) is 23.3. The number of nitrogens with one attached hydrogen (secondary N) is 1. The average molecular weight is 493 g/mol. The summed E-state index contributed by atoms with van der Waals surface area (Å²) in [5.74, 6) is 0.480. The minimum absolute atomic E-state index is 0.277. The van der Waals surface area contributed by atoms with Crippen molar-refractivity contribution >= 4 is 16.9 Å². The fourth-order valence-electron chi connectivity index (χ4n) is 5.17. The van der Waals surface area contributed by atoms with Crippen LogP contribution < -0.4 is 5.73 Å². The number of hydrogen-bond donors (Lipinski definition) is 2. The van der Waals surface area contributed by atoms with Crippen LogP contribution in [0.2, 0.25) is 0 Å². The summed E-state index contributed by atoms with van der Waals surface area (Å²) >= 11 is 0. The van der Waals surface area contributed by atoms with E-state index in [0.717, 1.165) is 58.8 Å². The van der Waals surface area contributed by atoms with E-state index in [2.05, 4.69) is 32.0 Å². The first-order chi connectivity index (χ1) is 18.1. The lowest BCUT2D eigenvalue weighted by atomic mass is 10.00. The lowest BCUT2D eigenvalue weighted by Gasteiger charge is -2.26. The third-order valence-corrected chi connectivity index (χ3v) is 7.06. The number of piperidine rings is 1. The molecule has 1 fully saturated rings. The SMILES string of the molecule is Nc1ccc(-c2cncc(CN3CCCCC3)c2)cc1Cc1nc2nccc(-c3cccc(F)c3)c2[nH]1. The standard InChI is InChI=1S/C30H29FN6/c31-25-6-4-5-22(15-25)26-9-10-34-30-29(26)35-28(36-30)16-23-14-21(7-8-27(23)32)24-13-20(17-33-18-24)19-37-11-2-1-3-12-37/h4-10,13-15,17-18H,1-3,11-12,16,19,32H2,(H,34,35,36). The second-order valence-corrected chi connectivity index (χ2v) is 9.76. The van der Waals surface area contributed by atoms with Crippen LogP contribution in [0.3, 0.4) is 0 Å². The molecule has 3 N–H and O–H groups in total. The van der Waals surface area contributed by atoms with E-state index in [1.807, 2.05) is 36.7 Å². The van der Waals surface area contributed by atoms with E-state index in [0.29, 0.717) is 17.8 Å². The predicted molar refractivity (Wildman–Crippen MR) is 145 cm³/mol. The zero-order valence-corrected chi connectivity index (χ0v) is 20.6. The third-order valence-electron chi connectivity index (χ3n) is 7.06. The van der Waals surface area contributed by atoms with Gasteiger partial charge in [-0.05, 0) is 84.6 Å². The summed E-state index contributed by atoms with van der Waals surface area (Å²) in [4.78, 5) is 19.6. The Morgan fingerprint density at radius 3 is 2.68 bits per heavy atom. The number of aromatic nitrogens is 4. The van der Waals surface area contributed by atoms with Crippen molar-refractivity contribution < 1.29 is 4.39 Å². The predicted octanol–water partition coefficient (Wildman–Crippen LogP) is 5.98. The van der Waals surface area contributed by atoms with Gasteiger partial charge < -0.3 is 10.7 Å². The van der Waals surface area contributed by atoms with Crippen LogP contribution in [0.5, 0.6) is 0 Å². The van der Waals surface area contributed by atoms with Crippen LogP contribution in [-0.2, 0) is 13.0 Å². The van der Waals surface area contributed by atoms with Crippen molar-refractivity contribution in [3.63, 3.8) is 0 Å². The molecule has 6 nitrogen and oxygen atoms in total. The number of aromatic amines is 1. The molecule has 1 aliphatic rings. The maximum Gasteiger partial charge on any atom is 0.178 e. The molecular formula is C30H29FN6. The van der Waals surface area contributed by atoms with Gasteiger partial charge in [0.2, 0.25) is 0 Å². The minimum Gasteiger partial charge on any atom is -0.398 e. The van der Waals surface area contributed by atoms with Crippen LogP contribution in [0.25, 0.3) is 33.4 Å². The summed E-state index contributed by atoms with van der Waals surface area (Å²) in [5, 5.41) is 0. The molecule has 0 radical (unpaired) electrons. The van der Waals surface area contributed by atoms with Crippen LogP contribution in [0.15, 0.2) is 73.2 Å². The van der Waals surface area contributed by atoms with Gasteiger partial charge in [0.25, 0.3) is 0 Å². The average Bonchev–Trinajstić information content (AvgIpc) is 3.33. The molecular weight excluding hydrogens is 463 g/mol. The first-order valence-corrected chi connectivity index (χ1v) is 12.8. The highest BCUT2D eigenvalue weighted by atomic mass is 19.1. The van der Waals surface area contributed by atoms with Crippen molar-refractivity contribution in [1.29, 1.82) is 0 Å². The maximum atomic E-state index is 13.8. The molecule has 0 bridgehead atoms. The summed E-state index contributed by atoms with van der Waals surface area (Å²) in [6.45, 7) is 3.25. The molecule has 1 aliphatic heterocycles. The number of benzene rings is 2. The highest BCUT2D eigenvalue weighted by molar-refractivity contribution is 5.89. The van der Waals surface area contributed by atoms with Crippen LogP contribution in [0.4, 0.5) is 10.1 Å². The van der Waals surface area contributed by atoms with Crippen LogP contribution in [-0.4, -0.2) is 37.9 Å². The fourth-order valence-corrected chi connectivity index (χ4v) is 5.17. The molecule has 6 rings (SSSR count). The number of nitrogens with two attached hydrogens (primary N) is 1. The molecule has 0 aliphatic carbocycles. The number of rotatable bonds is 6. The molecule has 5 aromatic rings. The number of imidazole rings is 1. The summed E-state index contributed by atoms with van der Waals surface area (Å²) in [6.07, 6.45) is 9.98. The van der Waals surface area contributed by atoms with Crippen LogP contribution >= 0.6 is 0 Å². The molecule has 0 spiro atoms. The molecule has 37 heavy (non-hydrogen) atoms. The molecule has 1 saturated heterocycles. The number of H-pyrrole nitrogens is 1. The number of likely N-dealkylation sites (tertiary alicyclic amines) is 1. The number of halogens is 1. The molecule has 186 valence electrons. The van der Waals surface area contributed by atoms with Gasteiger partial charge in [-0.2, -0.15) is 0 Å². The van der Waals surface area contributed by atoms with E-state index in [4.69, 9.17) is 10.7 Å². The Hall–Kier alpha value is -4.10. The van der Waals surface area contributed by atoms with Crippen molar-refractivity contribution in [3.05, 3.63) is 96.0 Å². The largest absolute Gasteiger partial charge is 0.398 e. The number of anilines is 1. The van der Waals surface area contributed by atoms with Crippen LogP contribution in [0, 0.1) is 5.82 Å². The van der Waals surface area contributed by atoms with Gasteiger partial charge in [0.05, 0.1) is 5.52 Å². The number of pyridine rings is 2. The van der Waals surface area contributed by atoms with E-state index in [1.54, 1.807) is 12.3 Å². The van der Waals surface area contributed by atoms with Crippen molar-refractivity contribution in [2.75, 3.05) is 18.8 Å². The van der Waals surface area contributed by atoms with E-state index in [-0.39, 0.29) is 5.82 Å². The summed E-state index contributed by atoms with van der Waals surface area (Å²) in [5.41, 5.74) is 14.5. The minimum atomic E-state index is -0.277. The van der Waals surface area contributed by atoms with Gasteiger partial charge in [0.1, 0.15) is 11.6 Å². The number of fused-ring (bicyclic) bond motifs is 1. The molecule has 4 heterocycles. The molecule has 0 saturated carbocycles. The number of hydrogen-bond acceptors (Lipinski definition) is 5. The Balaban J connectivity index is 1.28. The van der Waals surface area contributed by atoms with Gasteiger partial charge in [0, 0.05) is 48.4 Å². The normalized spacial score (nSPS) is 14.3. The smallest absolute Gasteiger partial charge is 0.178 e. The molecule has 3 aromatic heterocycles. The Morgan fingerprint density at radius 1 is 0.919 bits per heavy atom. The van der Waals surface area contributed by atoms with Gasteiger partial charge in [-0.25, -0.2) is 14.4 Å². The van der Waals surface area contributed by atoms with E-state index >= 15 is 0 Å². The van der Waals surface area contributed by atoms with Gasteiger partial charge in [0.15, 0.2) is 5.65 Å². The van der Waals surface area contributed by atoms with Crippen molar-refractivity contribution in [2.24, 2.45) is 0 Å². The fraction of sp³-hybridized carbons (Fsp3) is 0.233. The molecule has 0 amide bonds. The Morgan fingerprint density at radius 2 is 1.81 bits per heavy atom. The highest BCUT2D eigenvalue weighted by Gasteiger charge is 2.14. The van der Waals surface area contributed by atoms with Gasteiger partial charge >= 0.3 is 0 Å². The Kier molecular flexibility index (Phi) is 6.37.